The summed E-state index contributed by atoms with van der Waals surface area (Å²) in [5.41, 5.74) is 4.15. The van der Waals surface area contributed by atoms with Crippen LogP contribution in [0.25, 0.3) is 0 Å². The standard InChI is InChI=1S/C27H29ClN2O3/c1-18(29-27(31)21-10-7-11-22(28)14-21)26-23-16-25(33-3)24(32-2)15-20(23)12-13-30(26)17-19-8-5-4-6-9-19/h4-11,14-16,18,26H,12-13,17H2,1-3H3,(H,29,31)/t18-,26+/m0/s1. The van der Waals surface area contributed by atoms with Gasteiger partial charge in [-0.05, 0) is 60.4 Å². The third kappa shape index (κ3) is 5.15. The Bertz CT molecular complexity index is 1120. The largest absolute Gasteiger partial charge is 0.493 e. The normalized spacial score (nSPS) is 16.5. The van der Waals surface area contributed by atoms with Gasteiger partial charge in [-0.3, -0.25) is 9.69 Å². The Morgan fingerprint density at radius 3 is 2.48 bits per heavy atom. The highest BCUT2D eigenvalue weighted by atomic mass is 35.5. The van der Waals surface area contributed by atoms with Crippen LogP contribution in [0.3, 0.4) is 0 Å². The molecular weight excluding hydrogens is 436 g/mol. The van der Waals surface area contributed by atoms with Crippen molar-refractivity contribution in [2.75, 3.05) is 20.8 Å². The summed E-state index contributed by atoms with van der Waals surface area (Å²) in [6.07, 6.45) is 0.897. The first-order valence-electron chi connectivity index (χ1n) is 11.1. The lowest BCUT2D eigenvalue weighted by Crippen LogP contribution is -2.47. The van der Waals surface area contributed by atoms with Crippen molar-refractivity contribution in [3.8, 4) is 11.5 Å². The molecular formula is C27H29ClN2O3. The molecule has 0 spiro atoms. The minimum absolute atomic E-state index is 0.0307. The second-order valence-corrected chi connectivity index (χ2v) is 8.77. The number of carbonyl (C=O) groups excluding carboxylic acids is 1. The van der Waals surface area contributed by atoms with Crippen LogP contribution in [0.2, 0.25) is 5.02 Å². The van der Waals surface area contributed by atoms with E-state index in [1.165, 1.54) is 11.1 Å². The lowest BCUT2D eigenvalue weighted by atomic mass is 9.87. The number of hydrogen-bond acceptors (Lipinski definition) is 4. The Morgan fingerprint density at radius 2 is 1.79 bits per heavy atom. The molecule has 0 radical (unpaired) electrons. The van der Waals surface area contributed by atoms with Gasteiger partial charge in [0.05, 0.1) is 20.3 Å². The van der Waals surface area contributed by atoms with Gasteiger partial charge in [-0.2, -0.15) is 0 Å². The molecule has 0 saturated carbocycles. The number of rotatable bonds is 7. The zero-order valence-electron chi connectivity index (χ0n) is 19.2. The average Bonchev–Trinajstić information content (AvgIpc) is 2.83. The summed E-state index contributed by atoms with van der Waals surface area (Å²) in [5, 5.41) is 3.75. The fourth-order valence-corrected chi connectivity index (χ4v) is 4.80. The summed E-state index contributed by atoms with van der Waals surface area (Å²) in [6.45, 7) is 3.72. The van der Waals surface area contributed by atoms with E-state index in [0.29, 0.717) is 16.3 Å². The fraction of sp³-hybridized carbons (Fsp3) is 0.296. The van der Waals surface area contributed by atoms with E-state index in [9.17, 15) is 4.79 Å². The highest BCUT2D eigenvalue weighted by Crippen LogP contribution is 2.40. The van der Waals surface area contributed by atoms with Crippen molar-refractivity contribution in [3.63, 3.8) is 0 Å². The molecule has 6 heteroatoms. The van der Waals surface area contributed by atoms with Crippen molar-refractivity contribution >= 4 is 17.5 Å². The number of carbonyl (C=O) groups is 1. The Kier molecular flexibility index (Phi) is 7.21. The lowest BCUT2D eigenvalue weighted by molar-refractivity contribution is 0.0877. The molecule has 33 heavy (non-hydrogen) atoms. The summed E-state index contributed by atoms with van der Waals surface area (Å²) in [7, 11) is 3.30. The number of fused-ring (bicyclic) bond motifs is 1. The van der Waals surface area contributed by atoms with Crippen LogP contribution in [-0.2, 0) is 13.0 Å². The molecule has 0 unspecified atom stereocenters. The van der Waals surface area contributed by atoms with E-state index in [1.54, 1.807) is 38.5 Å². The summed E-state index contributed by atoms with van der Waals surface area (Å²) in [6, 6.07) is 21.4. The van der Waals surface area contributed by atoms with Crippen LogP contribution in [0, 0.1) is 0 Å². The molecule has 1 N–H and O–H groups in total. The predicted octanol–water partition coefficient (Wildman–Crippen LogP) is 5.28. The summed E-state index contributed by atoms with van der Waals surface area (Å²) < 4.78 is 11.1. The van der Waals surface area contributed by atoms with E-state index in [2.05, 4.69) is 53.5 Å². The third-order valence-corrected chi connectivity index (χ3v) is 6.41. The van der Waals surface area contributed by atoms with E-state index in [1.807, 2.05) is 6.07 Å². The lowest BCUT2D eigenvalue weighted by Gasteiger charge is -2.41. The minimum Gasteiger partial charge on any atom is -0.493 e. The number of methoxy groups -OCH3 is 2. The fourth-order valence-electron chi connectivity index (χ4n) is 4.61. The Labute approximate surface area is 200 Å². The van der Waals surface area contributed by atoms with Crippen molar-refractivity contribution in [2.24, 2.45) is 0 Å². The first-order valence-corrected chi connectivity index (χ1v) is 11.5. The van der Waals surface area contributed by atoms with Crippen molar-refractivity contribution in [2.45, 2.75) is 32.0 Å². The van der Waals surface area contributed by atoms with Crippen LogP contribution in [0.5, 0.6) is 11.5 Å². The molecule has 4 rings (SSSR count). The van der Waals surface area contributed by atoms with Crippen molar-refractivity contribution in [1.82, 2.24) is 10.2 Å². The summed E-state index contributed by atoms with van der Waals surface area (Å²) >= 11 is 6.10. The maximum atomic E-state index is 13.0. The van der Waals surface area contributed by atoms with Crippen molar-refractivity contribution in [1.29, 1.82) is 0 Å². The molecule has 0 aliphatic carbocycles. The van der Waals surface area contributed by atoms with Gasteiger partial charge in [0.1, 0.15) is 0 Å². The molecule has 1 aliphatic heterocycles. The molecule has 172 valence electrons. The third-order valence-electron chi connectivity index (χ3n) is 6.17. The van der Waals surface area contributed by atoms with Crippen molar-refractivity contribution in [3.05, 3.63) is 94.0 Å². The van der Waals surface area contributed by atoms with Gasteiger partial charge in [-0.15, -0.1) is 0 Å². The minimum atomic E-state index is -0.155. The smallest absolute Gasteiger partial charge is 0.251 e. The summed E-state index contributed by atoms with van der Waals surface area (Å²) in [4.78, 5) is 15.4. The molecule has 1 heterocycles. The monoisotopic (exact) mass is 464 g/mol. The van der Waals surface area contributed by atoms with Gasteiger partial charge in [0.2, 0.25) is 0 Å². The predicted molar refractivity (Wildman–Crippen MR) is 131 cm³/mol. The molecule has 1 amide bonds. The zero-order chi connectivity index (χ0) is 23.4. The average molecular weight is 465 g/mol. The Morgan fingerprint density at radius 1 is 1.06 bits per heavy atom. The molecule has 0 fully saturated rings. The molecule has 1 aliphatic rings. The zero-order valence-corrected chi connectivity index (χ0v) is 19.9. The second-order valence-electron chi connectivity index (χ2n) is 8.33. The van der Waals surface area contributed by atoms with Gasteiger partial charge in [-0.1, -0.05) is 48.0 Å². The number of hydrogen-bond donors (Lipinski definition) is 1. The number of nitrogens with one attached hydrogen (secondary N) is 1. The van der Waals surface area contributed by atoms with Gasteiger partial charge < -0.3 is 14.8 Å². The number of benzene rings is 3. The molecule has 0 bridgehead atoms. The van der Waals surface area contributed by atoms with E-state index in [4.69, 9.17) is 21.1 Å². The van der Waals surface area contributed by atoms with Crippen LogP contribution in [-0.4, -0.2) is 37.6 Å². The number of halogens is 1. The second kappa shape index (κ2) is 10.3. The van der Waals surface area contributed by atoms with E-state index < -0.39 is 0 Å². The Balaban J connectivity index is 1.68. The highest BCUT2D eigenvalue weighted by Gasteiger charge is 2.34. The van der Waals surface area contributed by atoms with Crippen LogP contribution >= 0.6 is 11.6 Å². The van der Waals surface area contributed by atoms with Gasteiger partial charge in [0.15, 0.2) is 11.5 Å². The summed E-state index contributed by atoms with van der Waals surface area (Å²) in [5.74, 6) is 1.27. The van der Waals surface area contributed by atoms with Crippen molar-refractivity contribution < 1.29 is 14.3 Å². The molecule has 2 atom stereocenters. The molecule has 5 nitrogen and oxygen atoms in total. The van der Waals surface area contributed by atoms with Gasteiger partial charge in [-0.25, -0.2) is 0 Å². The van der Waals surface area contributed by atoms with Crippen LogP contribution in [0.4, 0.5) is 0 Å². The number of ether oxygens (including phenoxy) is 2. The first kappa shape index (κ1) is 23.1. The number of amides is 1. The van der Waals surface area contributed by atoms with Gasteiger partial charge in [0, 0.05) is 29.7 Å². The van der Waals surface area contributed by atoms with Crippen LogP contribution < -0.4 is 14.8 Å². The maximum absolute atomic E-state index is 13.0. The number of nitrogens with zero attached hydrogens (tertiary/aromatic N) is 1. The van der Waals surface area contributed by atoms with Gasteiger partial charge in [0.25, 0.3) is 5.91 Å². The maximum Gasteiger partial charge on any atom is 0.251 e. The molecule has 0 saturated heterocycles. The molecule has 0 aromatic heterocycles. The molecule has 3 aromatic carbocycles. The van der Waals surface area contributed by atoms with E-state index >= 15 is 0 Å². The molecule has 3 aromatic rings. The van der Waals surface area contributed by atoms with E-state index in [-0.39, 0.29) is 18.0 Å². The Hall–Kier alpha value is -3.02. The van der Waals surface area contributed by atoms with Gasteiger partial charge >= 0.3 is 0 Å². The van der Waals surface area contributed by atoms with E-state index in [0.717, 1.165) is 30.8 Å². The van der Waals surface area contributed by atoms with Crippen LogP contribution in [0.1, 0.15) is 40.0 Å². The SMILES string of the molecule is COc1cc2c(cc1OC)[C@@H]([C@H](C)NC(=O)c1cccc(Cl)c1)N(Cc1ccccc1)CC2. The highest BCUT2D eigenvalue weighted by molar-refractivity contribution is 6.30. The topological polar surface area (TPSA) is 50.8 Å². The first-order chi connectivity index (χ1) is 16.0. The van der Waals surface area contributed by atoms with Crippen LogP contribution in [0.15, 0.2) is 66.7 Å². The quantitative estimate of drug-likeness (QED) is 0.517.